The van der Waals surface area contributed by atoms with E-state index in [-0.39, 0.29) is 17.9 Å². The number of Topliss-reactive ketones (excluding diaryl/α,β-unsaturated/α-hetero) is 1. The predicted molar refractivity (Wildman–Crippen MR) is 141 cm³/mol. The van der Waals surface area contributed by atoms with E-state index in [1.165, 1.54) is 0 Å². The third-order valence-electron chi connectivity index (χ3n) is 6.56. The highest BCUT2D eigenvalue weighted by atomic mass is 16.1. The lowest BCUT2D eigenvalue weighted by Gasteiger charge is -2.33. The highest BCUT2D eigenvalue weighted by molar-refractivity contribution is 5.90. The number of pyridine rings is 1. The molecule has 5 heteroatoms. The summed E-state index contributed by atoms with van der Waals surface area (Å²) in [4.78, 5) is 15.6. The molecule has 5 nitrogen and oxygen atoms in total. The molecule has 0 radical (unpaired) electrons. The maximum Gasteiger partial charge on any atom is 0.218 e. The van der Waals surface area contributed by atoms with Gasteiger partial charge < -0.3 is 4.90 Å². The third-order valence-corrected chi connectivity index (χ3v) is 6.56. The van der Waals surface area contributed by atoms with Crippen molar-refractivity contribution >= 4 is 33.3 Å². The Morgan fingerprint density at radius 2 is 1.32 bits per heavy atom. The first-order valence-corrected chi connectivity index (χ1v) is 11.7. The number of hydrazine groups is 1. The number of aromatic nitrogens is 1. The average Bonchev–Trinajstić information content (AvgIpc) is 2.82. The van der Waals surface area contributed by atoms with Crippen molar-refractivity contribution in [3.63, 3.8) is 0 Å². The molecule has 0 aliphatic heterocycles. The summed E-state index contributed by atoms with van der Waals surface area (Å²) < 4.78 is 2.13. The number of para-hydroxylation sites is 2. The van der Waals surface area contributed by atoms with E-state index in [0.29, 0.717) is 0 Å². The lowest BCUT2D eigenvalue weighted by molar-refractivity contribution is -0.632. The van der Waals surface area contributed by atoms with Crippen molar-refractivity contribution in [2.24, 2.45) is 0 Å². The molecule has 0 amide bonds. The van der Waals surface area contributed by atoms with Crippen LogP contribution in [0.5, 0.6) is 0 Å². The number of carbonyl (C=O) groups is 1. The number of rotatable bonds is 8. The molecule has 0 saturated heterocycles. The second-order valence-electron chi connectivity index (χ2n) is 10.2. The lowest BCUT2D eigenvalue weighted by Crippen LogP contribution is -2.60. The molecular weight excluding hydrogens is 420 g/mol. The van der Waals surface area contributed by atoms with Gasteiger partial charge in [0, 0.05) is 42.7 Å². The number of anilines is 1. The molecule has 1 aromatic heterocycles. The maximum absolute atomic E-state index is 13.6. The first-order valence-electron chi connectivity index (χ1n) is 11.7. The molecule has 4 rings (SSSR count). The fraction of sp³-hybridized carbons (Fsp3) is 0.310. The first-order chi connectivity index (χ1) is 16.1. The van der Waals surface area contributed by atoms with Gasteiger partial charge in [-0.25, -0.2) is 10.9 Å². The molecule has 0 atom stereocenters. The first kappa shape index (κ1) is 23.9. The molecule has 34 heavy (non-hydrogen) atoms. The minimum absolute atomic E-state index is 0.102. The largest absolute Gasteiger partial charge is 0.378 e. The number of ketones is 1. The minimum Gasteiger partial charge on any atom is -0.378 e. The number of fused-ring (bicyclic) bond motifs is 2. The van der Waals surface area contributed by atoms with Gasteiger partial charge in [-0.3, -0.25) is 4.79 Å². The molecular formula is C29H35N4O+. The van der Waals surface area contributed by atoms with Crippen LogP contribution in [0.3, 0.4) is 0 Å². The molecule has 0 aliphatic carbocycles. The number of carbonyl (C=O) groups excluding carboxylic acids is 1. The highest BCUT2D eigenvalue weighted by Gasteiger charge is 2.33. The zero-order valence-electron chi connectivity index (χ0n) is 21.0. The van der Waals surface area contributed by atoms with Gasteiger partial charge in [0.1, 0.15) is 0 Å². The molecule has 0 saturated carbocycles. The van der Waals surface area contributed by atoms with Gasteiger partial charge in [0.05, 0.1) is 11.1 Å². The highest BCUT2D eigenvalue weighted by Crippen LogP contribution is 2.23. The molecule has 2 N–H and O–H groups in total. The Bertz CT molecular complexity index is 1270. The lowest BCUT2D eigenvalue weighted by atomic mass is 9.94. The van der Waals surface area contributed by atoms with Crippen LogP contribution in [0.15, 0.2) is 78.9 Å². The average molecular weight is 456 g/mol. The van der Waals surface area contributed by atoms with Crippen molar-refractivity contribution in [1.29, 1.82) is 0 Å². The summed E-state index contributed by atoms with van der Waals surface area (Å²) in [7, 11) is 4.07. The fourth-order valence-electron chi connectivity index (χ4n) is 4.15. The Labute approximate surface area is 202 Å². The van der Waals surface area contributed by atoms with Gasteiger partial charge in [0.15, 0.2) is 0 Å². The number of nitrogens with one attached hydrogen (secondary N) is 2. The van der Waals surface area contributed by atoms with Crippen molar-refractivity contribution in [1.82, 2.24) is 10.9 Å². The summed E-state index contributed by atoms with van der Waals surface area (Å²) in [5.41, 5.74) is 10.0. The molecule has 0 spiro atoms. The van der Waals surface area contributed by atoms with E-state index in [9.17, 15) is 4.79 Å². The van der Waals surface area contributed by atoms with Gasteiger partial charge in [0.25, 0.3) is 0 Å². The predicted octanol–water partition coefficient (Wildman–Crippen LogP) is 4.72. The second-order valence-corrected chi connectivity index (χ2v) is 10.2. The minimum atomic E-state index is -0.772. The van der Waals surface area contributed by atoms with Gasteiger partial charge >= 0.3 is 0 Å². The monoisotopic (exact) mass is 455 g/mol. The van der Waals surface area contributed by atoms with Crippen LogP contribution in [0.4, 0.5) is 5.69 Å². The van der Waals surface area contributed by atoms with Crippen molar-refractivity contribution in [2.75, 3.05) is 19.0 Å². The number of hydrogen-bond acceptors (Lipinski definition) is 4. The van der Waals surface area contributed by atoms with Crippen LogP contribution in [0.25, 0.3) is 21.8 Å². The van der Waals surface area contributed by atoms with E-state index < -0.39 is 5.54 Å². The van der Waals surface area contributed by atoms with E-state index in [1.54, 1.807) is 0 Å². The standard InChI is InChI=1S/C29H35N4O/c1-28(2,23-15-17-24(18-16-23)32(5)6)30-31-29(3,4)27(34)20-33-25-13-9-7-11-21(25)19-22-12-8-10-14-26(22)33/h7-19,30-31H,20H2,1-6H3/q+1. The molecule has 3 aromatic carbocycles. The summed E-state index contributed by atoms with van der Waals surface area (Å²) in [6.07, 6.45) is 0. The molecule has 0 fully saturated rings. The van der Waals surface area contributed by atoms with Crippen molar-refractivity contribution < 1.29 is 9.36 Å². The van der Waals surface area contributed by atoms with Crippen LogP contribution in [-0.4, -0.2) is 25.4 Å². The SMILES string of the molecule is CN(C)c1ccc(C(C)(C)NNC(C)(C)C(=O)C[n+]2c3ccccc3cc3ccccc32)cc1. The fourth-order valence-corrected chi connectivity index (χ4v) is 4.15. The quantitative estimate of drug-likeness (QED) is 0.229. The number of hydrogen-bond donors (Lipinski definition) is 2. The normalized spacial score (nSPS) is 12.3. The Hall–Kier alpha value is -3.28. The van der Waals surface area contributed by atoms with Crippen LogP contribution >= 0.6 is 0 Å². The smallest absolute Gasteiger partial charge is 0.218 e. The second kappa shape index (κ2) is 9.16. The third kappa shape index (κ3) is 4.81. The Kier molecular flexibility index (Phi) is 6.43. The number of nitrogens with zero attached hydrogens (tertiary/aromatic N) is 2. The molecule has 176 valence electrons. The van der Waals surface area contributed by atoms with E-state index in [4.69, 9.17) is 0 Å². The van der Waals surface area contributed by atoms with Crippen LogP contribution in [-0.2, 0) is 16.9 Å². The van der Waals surface area contributed by atoms with E-state index in [1.807, 2.05) is 52.2 Å². The van der Waals surface area contributed by atoms with E-state index in [2.05, 4.69) is 88.8 Å². The molecule has 0 bridgehead atoms. The topological polar surface area (TPSA) is 48.2 Å². The van der Waals surface area contributed by atoms with Crippen LogP contribution in [0.2, 0.25) is 0 Å². The molecule has 0 aliphatic rings. The summed E-state index contributed by atoms with van der Waals surface area (Å²) in [5, 5.41) is 2.25. The maximum atomic E-state index is 13.6. The van der Waals surface area contributed by atoms with Gasteiger partial charge in [-0.15, -0.1) is 0 Å². The number of benzene rings is 3. The Morgan fingerprint density at radius 3 is 1.85 bits per heavy atom. The van der Waals surface area contributed by atoms with Gasteiger partial charge in [-0.1, -0.05) is 36.4 Å². The summed E-state index contributed by atoms with van der Waals surface area (Å²) in [5.74, 6) is 0.102. The van der Waals surface area contributed by atoms with Crippen molar-refractivity contribution in [3.8, 4) is 0 Å². The van der Waals surface area contributed by atoms with Gasteiger partial charge in [-0.05, 0) is 63.6 Å². The molecule has 1 heterocycles. The van der Waals surface area contributed by atoms with Gasteiger partial charge in [0.2, 0.25) is 23.4 Å². The van der Waals surface area contributed by atoms with Gasteiger partial charge in [-0.2, -0.15) is 4.57 Å². The zero-order chi connectivity index (χ0) is 24.5. The van der Waals surface area contributed by atoms with Crippen LogP contribution in [0.1, 0.15) is 33.3 Å². The summed E-state index contributed by atoms with van der Waals surface area (Å²) in [6, 6.07) is 27.1. The van der Waals surface area contributed by atoms with Crippen LogP contribution < -0.4 is 20.3 Å². The Morgan fingerprint density at radius 1 is 0.794 bits per heavy atom. The zero-order valence-corrected chi connectivity index (χ0v) is 21.0. The Balaban J connectivity index is 1.55. The van der Waals surface area contributed by atoms with E-state index >= 15 is 0 Å². The molecule has 4 aromatic rings. The summed E-state index contributed by atoms with van der Waals surface area (Å²) in [6.45, 7) is 8.36. The van der Waals surface area contributed by atoms with Crippen molar-refractivity contribution in [3.05, 3.63) is 84.4 Å². The van der Waals surface area contributed by atoms with Crippen LogP contribution in [0, 0.1) is 0 Å². The van der Waals surface area contributed by atoms with Crippen molar-refractivity contribution in [2.45, 2.75) is 45.3 Å². The van der Waals surface area contributed by atoms with E-state index in [0.717, 1.165) is 33.1 Å². The molecule has 0 unspecified atom stereocenters. The summed E-state index contributed by atoms with van der Waals surface area (Å²) >= 11 is 0.